The number of aliphatic carboxylic acids is 1. The Morgan fingerprint density at radius 1 is 1.91 bits per heavy atom. The van der Waals surface area contributed by atoms with Crippen molar-refractivity contribution < 1.29 is 14.7 Å². The Morgan fingerprint density at radius 3 is 3.09 bits per heavy atom. The van der Waals surface area contributed by atoms with Gasteiger partial charge in [0.25, 0.3) is 0 Å². The predicted octanol–water partition coefficient (Wildman–Crippen LogP) is 0.159. The summed E-state index contributed by atoms with van der Waals surface area (Å²) in [6.07, 6.45) is 3.02. The van der Waals surface area contributed by atoms with Gasteiger partial charge in [-0.25, -0.2) is 4.79 Å². The van der Waals surface area contributed by atoms with Crippen LogP contribution in [-0.4, -0.2) is 27.6 Å². The van der Waals surface area contributed by atoms with E-state index < -0.39 is 12.6 Å². The maximum Gasteiger partial charge on any atom is 0.344 e. The number of aromatic nitrogens is 2. The highest BCUT2D eigenvalue weighted by Gasteiger charge is 1.98. The van der Waals surface area contributed by atoms with Gasteiger partial charge in [-0.05, 0) is 15.9 Å². The highest BCUT2D eigenvalue weighted by atomic mass is 79.9. The Labute approximate surface area is 70.7 Å². The largest absolute Gasteiger partial charge is 0.479 e. The van der Waals surface area contributed by atoms with Crippen molar-refractivity contribution in [1.82, 2.24) is 9.94 Å². The summed E-state index contributed by atoms with van der Waals surface area (Å²) >= 11 is 3.13. The van der Waals surface area contributed by atoms with Crippen molar-refractivity contribution in [1.29, 1.82) is 0 Å². The molecule has 0 saturated heterocycles. The standard InChI is InChI=1S/C5H5BrN2O3/c6-4-1-7-8(2-4)11-3-5(9)10/h1-2H,3H2,(H,9,10). The Hall–Kier alpha value is -1.04. The summed E-state index contributed by atoms with van der Waals surface area (Å²) in [5.41, 5.74) is 0. The molecule has 1 aromatic heterocycles. The Morgan fingerprint density at radius 2 is 2.64 bits per heavy atom. The fourth-order valence-electron chi connectivity index (χ4n) is 0.476. The van der Waals surface area contributed by atoms with E-state index in [0.717, 1.165) is 9.32 Å². The molecule has 5 nitrogen and oxygen atoms in total. The van der Waals surface area contributed by atoms with E-state index in [1.165, 1.54) is 12.4 Å². The fraction of sp³-hybridized carbons (Fsp3) is 0.200. The molecule has 0 aliphatic carbocycles. The molecule has 0 unspecified atom stereocenters. The van der Waals surface area contributed by atoms with E-state index >= 15 is 0 Å². The Kier molecular flexibility index (Phi) is 2.48. The minimum atomic E-state index is -1.03. The zero-order valence-electron chi connectivity index (χ0n) is 5.40. The molecule has 0 saturated carbocycles. The van der Waals surface area contributed by atoms with E-state index in [1.54, 1.807) is 0 Å². The van der Waals surface area contributed by atoms with Crippen LogP contribution < -0.4 is 4.84 Å². The normalized spacial score (nSPS) is 9.55. The van der Waals surface area contributed by atoms with E-state index in [4.69, 9.17) is 5.11 Å². The van der Waals surface area contributed by atoms with Crippen LogP contribution in [0.25, 0.3) is 0 Å². The molecular weight excluding hydrogens is 216 g/mol. The molecule has 0 amide bonds. The summed E-state index contributed by atoms with van der Waals surface area (Å²) in [4.78, 5) is 15.7. The molecule has 0 aliphatic heterocycles. The van der Waals surface area contributed by atoms with Crippen LogP contribution in [0.2, 0.25) is 0 Å². The van der Waals surface area contributed by atoms with Gasteiger partial charge in [-0.15, -0.1) is 9.94 Å². The average molecular weight is 221 g/mol. The first-order valence-corrected chi connectivity index (χ1v) is 3.53. The first kappa shape index (κ1) is 8.06. The van der Waals surface area contributed by atoms with Crippen LogP contribution in [0.1, 0.15) is 0 Å². The number of rotatable bonds is 3. The molecule has 60 valence electrons. The quantitative estimate of drug-likeness (QED) is 0.789. The van der Waals surface area contributed by atoms with Crippen molar-refractivity contribution in [3.63, 3.8) is 0 Å². The van der Waals surface area contributed by atoms with E-state index in [9.17, 15) is 4.79 Å². The monoisotopic (exact) mass is 220 g/mol. The second kappa shape index (κ2) is 3.38. The second-order valence-electron chi connectivity index (χ2n) is 1.73. The zero-order valence-corrected chi connectivity index (χ0v) is 6.98. The lowest BCUT2D eigenvalue weighted by molar-refractivity contribution is -0.143. The van der Waals surface area contributed by atoms with Gasteiger partial charge in [0.05, 0.1) is 16.9 Å². The molecule has 1 aromatic rings. The summed E-state index contributed by atoms with van der Waals surface area (Å²) in [5.74, 6) is -1.03. The van der Waals surface area contributed by atoms with Gasteiger partial charge in [-0.2, -0.15) is 0 Å². The van der Waals surface area contributed by atoms with Gasteiger partial charge in [0.2, 0.25) is 6.61 Å². The van der Waals surface area contributed by atoms with Gasteiger partial charge in [0.1, 0.15) is 0 Å². The van der Waals surface area contributed by atoms with Crippen LogP contribution in [0.5, 0.6) is 0 Å². The number of hydrogen-bond acceptors (Lipinski definition) is 3. The molecule has 1 N–H and O–H groups in total. The third kappa shape index (κ3) is 2.58. The molecule has 0 atom stereocenters. The van der Waals surface area contributed by atoms with Crippen molar-refractivity contribution in [3.8, 4) is 0 Å². The van der Waals surface area contributed by atoms with Crippen molar-refractivity contribution in [3.05, 3.63) is 16.9 Å². The van der Waals surface area contributed by atoms with Crippen LogP contribution in [0.15, 0.2) is 16.9 Å². The van der Waals surface area contributed by atoms with Crippen molar-refractivity contribution >= 4 is 21.9 Å². The molecule has 0 aliphatic rings. The molecule has 0 bridgehead atoms. The first-order valence-electron chi connectivity index (χ1n) is 2.74. The topological polar surface area (TPSA) is 64.3 Å². The molecule has 11 heavy (non-hydrogen) atoms. The maximum atomic E-state index is 10.0. The first-order chi connectivity index (χ1) is 5.18. The lowest BCUT2D eigenvalue weighted by atomic mass is 10.7. The molecule has 0 fully saturated rings. The predicted molar refractivity (Wildman–Crippen MR) is 39.0 cm³/mol. The van der Waals surface area contributed by atoms with E-state index in [-0.39, 0.29) is 0 Å². The molecule has 6 heteroatoms. The second-order valence-corrected chi connectivity index (χ2v) is 2.64. The van der Waals surface area contributed by atoms with Crippen LogP contribution in [0.4, 0.5) is 0 Å². The third-order valence-electron chi connectivity index (χ3n) is 0.849. The van der Waals surface area contributed by atoms with Crippen molar-refractivity contribution in [2.24, 2.45) is 0 Å². The van der Waals surface area contributed by atoms with Gasteiger partial charge < -0.3 is 9.94 Å². The number of nitrogens with zero attached hydrogens (tertiary/aromatic N) is 2. The van der Waals surface area contributed by atoms with E-state index in [0.29, 0.717) is 0 Å². The molecule has 1 rings (SSSR count). The highest BCUT2D eigenvalue weighted by Crippen LogP contribution is 2.04. The smallest absolute Gasteiger partial charge is 0.344 e. The third-order valence-corrected chi connectivity index (χ3v) is 1.26. The molecule has 0 radical (unpaired) electrons. The number of hydrogen-bond donors (Lipinski definition) is 1. The number of carbonyl (C=O) groups is 1. The highest BCUT2D eigenvalue weighted by molar-refractivity contribution is 9.10. The molecule has 1 heterocycles. The van der Waals surface area contributed by atoms with Gasteiger partial charge in [0.15, 0.2) is 0 Å². The van der Waals surface area contributed by atoms with Crippen LogP contribution in [0, 0.1) is 0 Å². The minimum Gasteiger partial charge on any atom is -0.479 e. The van der Waals surface area contributed by atoms with Gasteiger partial charge in [0, 0.05) is 0 Å². The number of carboxylic acids is 1. The summed E-state index contributed by atoms with van der Waals surface area (Å²) in [5, 5.41) is 11.9. The number of carboxylic acid groups (broad SMARTS) is 1. The lowest BCUT2D eigenvalue weighted by Gasteiger charge is -1.98. The lowest BCUT2D eigenvalue weighted by Crippen LogP contribution is -2.19. The Bertz CT molecular complexity index is 260. The van der Waals surface area contributed by atoms with Crippen molar-refractivity contribution in [2.75, 3.05) is 6.61 Å². The van der Waals surface area contributed by atoms with Crippen LogP contribution >= 0.6 is 15.9 Å². The van der Waals surface area contributed by atoms with Gasteiger partial charge in [-0.1, -0.05) is 0 Å². The summed E-state index contributed by atoms with van der Waals surface area (Å²) < 4.78 is 0.739. The van der Waals surface area contributed by atoms with E-state index in [2.05, 4.69) is 25.9 Å². The number of halogens is 1. The summed E-state index contributed by atoms with van der Waals surface area (Å²) in [6.45, 7) is -0.395. The Balaban J connectivity index is 2.45. The SMILES string of the molecule is O=C(O)COn1cc(Br)cn1. The fourth-order valence-corrected chi connectivity index (χ4v) is 0.743. The minimum absolute atomic E-state index is 0.395. The zero-order chi connectivity index (χ0) is 8.27. The average Bonchev–Trinajstić information content (AvgIpc) is 2.31. The van der Waals surface area contributed by atoms with Gasteiger partial charge in [-0.3, -0.25) is 0 Å². The molecule has 0 spiro atoms. The summed E-state index contributed by atoms with van der Waals surface area (Å²) in [7, 11) is 0. The molecule has 0 aromatic carbocycles. The maximum absolute atomic E-state index is 10.0. The molecular formula is C5H5BrN2O3. The van der Waals surface area contributed by atoms with Gasteiger partial charge >= 0.3 is 5.97 Å². The van der Waals surface area contributed by atoms with Crippen molar-refractivity contribution in [2.45, 2.75) is 0 Å². The summed E-state index contributed by atoms with van der Waals surface area (Å²) in [6, 6.07) is 0. The van der Waals surface area contributed by atoms with Crippen LogP contribution in [-0.2, 0) is 4.79 Å². The van der Waals surface area contributed by atoms with Crippen LogP contribution in [0.3, 0.4) is 0 Å². The van der Waals surface area contributed by atoms with E-state index in [1.807, 2.05) is 0 Å².